The lowest BCUT2D eigenvalue weighted by Crippen LogP contribution is -2.48. The van der Waals surface area contributed by atoms with E-state index in [0.29, 0.717) is 34.8 Å². The first-order valence-electron chi connectivity index (χ1n) is 12.4. The van der Waals surface area contributed by atoms with Gasteiger partial charge in [-0.15, -0.1) is 0 Å². The number of rotatable bonds is 6. The number of carboxylic acids is 1. The maximum absolute atomic E-state index is 13.7. The number of carboxylic acid groups (broad SMARTS) is 1. The molecule has 0 saturated heterocycles. The van der Waals surface area contributed by atoms with Crippen molar-refractivity contribution in [2.75, 3.05) is 6.79 Å². The summed E-state index contributed by atoms with van der Waals surface area (Å²) in [6.07, 6.45) is 0.389. The fourth-order valence-electron chi connectivity index (χ4n) is 4.66. The summed E-state index contributed by atoms with van der Waals surface area (Å²) in [4.78, 5) is 48.8. The Labute approximate surface area is 228 Å². The van der Waals surface area contributed by atoms with Gasteiger partial charge in [-0.1, -0.05) is 12.1 Å². The van der Waals surface area contributed by atoms with Gasteiger partial charge in [0.1, 0.15) is 6.04 Å². The SMILES string of the molecule is CC(NC(=O)c1ccccc1C(=O)O)C(=O)N1N=C(c2ccc([N+](=O)[O-])cc2)c2cc3c(cc2CC1C)OCO3. The van der Waals surface area contributed by atoms with Crippen molar-refractivity contribution in [1.82, 2.24) is 10.3 Å². The van der Waals surface area contributed by atoms with Crippen LogP contribution in [0.25, 0.3) is 0 Å². The molecule has 0 bridgehead atoms. The zero-order chi connectivity index (χ0) is 28.6. The topological polar surface area (TPSA) is 161 Å². The highest BCUT2D eigenvalue weighted by Gasteiger charge is 2.33. The van der Waals surface area contributed by atoms with E-state index in [1.165, 1.54) is 48.3 Å². The molecule has 0 radical (unpaired) electrons. The molecule has 2 N–H and O–H groups in total. The van der Waals surface area contributed by atoms with Crippen molar-refractivity contribution < 1.29 is 33.9 Å². The first-order chi connectivity index (χ1) is 19.1. The Morgan fingerprint density at radius 1 is 1.07 bits per heavy atom. The smallest absolute Gasteiger partial charge is 0.336 e. The zero-order valence-corrected chi connectivity index (χ0v) is 21.5. The molecular formula is C28H24N4O8. The largest absolute Gasteiger partial charge is 0.478 e. The maximum atomic E-state index is 13.7. The fourth-order valence-corrected chi connectivity index (χ4v) is 4.66. The van der Waals surface area contributed by atoms with E-state index in [-0.39, 0.29) is 23.6 Å². The van der Waals surface area contributed by atoms with Gasteiger partial charge in [-0.25, -0.2) is 9.80 Å². The number of nitrogens with zero attached hydrogens (tertiary/aromatic N) is 3. The molecule has 12 nitrogen and oxygen atoms in total. The Morgan fingerprint density at radius 2 is 1.73 bits per heavy atom. The summed E-state index contributed by atoms with van der Waals surface area (Å²) in [5.41, 5.74) is 2.07. The van der Waals surface area contributed by atoms with Crippen molar-refractivity contribution >= 4 is 29.2 Å². The molecule has 5 rings (SSSR count). The van der Waals surface area contributed by atoms with E-state index in [4.69, 9.17) is 14.6 Å². The number of nitro groups is 1. The summed E-state index contributed by atoms with van der Waals surface area (Å²) in [6.45, 7) is 3.37. The maximum Gasteiger partial charge on any atom is 0.336 e. The van der Waals surface area contributed by atoms with E-state index in [9.17, 15) is 29.6 Å². The average molecular weight is 545 g/mol. The zero-order valence-electron chi connectivity index (χ0n) is 21.5. The van der Waals surface area contributed by atoms with Crippen LogP contribution in [0.15, 0.2) is 65.8 Å². The molecule has 40 heavy (non-hydrogen) atoms. The summed E-state index contributed by atoms with van der Waals surface area (Å²) in [6, 6.07) is 13.6. The highest BCUT2D eigenvalue weighted by Crippen LogP contribution is 2.38. The predicted molar refractivity (Wildman–Crippen MR) is 142 cm³/mol. The third-order valence-corrected chi connectivity index (χ3v) is 6.69. The number of hydrogen-bond donors (Lipinski definition) is 2. The fraction of sp³-hybridized carbons (Fsp3) is 0.214. The number of non-ortho nitro benzene ring substituents is 1. The number of carbonyl (C=O) groups excluding carboxylic acids is 2. The molecular weight excluding hydrogens is 520 g/mol. The Morgan fingerprint density at radius 3 is 2.38 bits per heavy atom. The van der Waals surface area contributed by atoms with Gasteiger partial charge in [0.2, 0.25) is 6.79 Å². The van der Waals surface area contributed by atoms with Gasteiger partial charge in [-0.2, -0.15) is 5.10 Å². The van der Waals surface area contributed by atoms with Crippen molar-refractivity contribution in [3.8, 4) is 11.5 Å². The van der Waals surface area contributed by atoms with E-state index in [2.05, 4.69) is 5.32 Å². The monoisotopic (exact) mass is 544 g/mol. The lowest BCUT2D eigenvalue weighted by molar-refractivity contribution is -0.384. The number of carbonyl (C=O) groups is 3. The molecule has 2 atom stereocenters. The van der Waals surface area contributed by atoms with Crippen LogP contribution < -0.4 is 14.8 Å². The molecule has 0 fully saturated rings. The molecule has 0 aliphatic carbocycles. The van der Waals surface area contributed by atoms with E-state index >= 15 is 0 Å². The quantitative estimate of drug-likeness (QED) is 0.353. The summed E-state index contributed by atoms with van der Waals surface area (Å²) in [5.74, 6) is -1.43. The molecule has 2 aliphatic heterocycles. The molecule has 0 saturated carbocycles. The van der Waals surface area contributed by atoms with Crippen molar-refractivity contribution in [2.45, 2.75) is 32.4 Å². The first kappa shape index (κ1) is 26.4. The van der Waals surface area contributed by atoms with Crippen LogP contribution in [0.1, 0.15) is 51.3 Å². The number of benzene rings is 3. The van der Waals surface area contributed by atoms with Gasteiger partial charge in [-0.05, 0) is 62.2 Å². The molecule has 2 heterocycles. The van der Waals surface area contributed by atoms with Gasteiger partial charge in [-0.3, -0.25) is 19.7 Å². The van der Waals surface area contributed by atoms with E-state index in [0.717, 1.165) is 5.56 Å². The molecule has 3 aromatic rings. The van der Waals surface area contributed by atoms with Crippen LogP contribution in [0, 0.1) is 10.1 Å². The second kappa shape index (κ2) is 10.5. The molecule has 2 amide bonds. The van der Waals surface area contributed by atoms with Gasteiger partial charge in [0.15, 0.2) is 11.5 Å². The Bertz CT molecular complexity index is 1570. The van der Waals surface area contributed by atoms with Crippen LogP contribution in [-0.4, -0.2) is 57.4 Å². The summed E-state index contributed by atoms with van der Waals surface area (Å²) >= 11 is 0. The van der Waals surface area contributed by atoms with Gasteiger partial charge >= 0.3 is 5.97 Å². The third-order valence-electron chi connectivity index (χ3n) is 6.69. The molecule has 3 aromatic carbocycles. The number of amides is 2. The van der Waals surface area contributed by atoms with Crippen LogP contribution in [0.4, 0.5) is 5.69 Å². The summed E-state index contributed by atoms with van der Waals surface area (Å²) in [7, 11) is 0. The predicted octanol–water partition coefficient (Wildman–Crippen LogP) is 3.37. The molecule has 2 unspecified atom stereocenters. The third kappa shape index (κ3) is 4.94. The Kier molecular flexibility index (Phi) is 6.91. The number of aromatic carboxylic acids is 1. The molecule has 204 valence electrons. The van der Waals surface area contributed by atoms with Gasteiger partial charge in [0.25, 0.3) is 17.5 Å². The van der Waals surface area contributed by atoms with E-state index in [1.54, 1.807) is 18.2 Å². The van der Waals surface area contributed by atoms with Crippen molar-refractivity contribution in [3.05, 3.63) is 98.6 Å². The van der Waals surface area contributed by atoms with Crippen molar-refractivity contribution in [3.63, 3.8) is 0 Å². The second-order valence-corrected chi connectivity index (χ2v) is 9.40. The van der Waals surface area contributed by atoms with Crippen LogP contribution in [0.2, 0.25) is 0 Å². The van der Waals surface area contributed by atoms with E-state index < -0.39 is 34.8 Å². The molecule has 12 heteroatoms. The summed E-state index contributed by atoms with van der Waals surface area (Å²) < 4.78 is 11.1. The standard InChI is InChI=1S/C28H24N4O8/c1-15-11-18-12-23-24(40-14-39-23)13-22(18)25(17-7-9-19(10-8-17)32(37)38)30-31(15)27(34)16(2)29-26(33)20-5-3-4-6-21(20)28(35)36/h3-10,12-13,15-16H,11,14H2,1-2H3,(H,29,33)(H,35,36). The van der Waals surface area contributed by atoms with Crippen molar-refractivity contribution in [1.29, 1.82) is 0 Å². The highest BCUT2D eigenvalue weighted by molar-refractivity contribution is 6.15. The van der Waals surface area contributed by atoms with Crippen LogP contribution in [0.3, 0.4) is 0 Å². The van der Waals surface area contributed by atoms with Crippen molar-refractivity contribution in [2.24, 2.45) is 5.10 Å². The Hall–Kier alpha value is -5.26. The second-order valence-electron chi connectivity index (χ2n) is 9.40. The number of nitrogens with one attached hydrogen (secondary N) is 1. The number of hydrogen-bond acceptors (Lipinski definition) is 8. The highest BCUT2D eigenvalue weighted by atomic mass is 16.7. The van der Waals surface area contributed by atoms with Gasteiger partial charge in [0.05, 0.1) is 27.8 Å². The lowest BCUT2D eigenvalue weighted by Gasteiger charge is -2.26. The minimum atomic E-state index is -1.26. The van der Waals surface area contributed by atoms with Gasteiger partial charge in [0, 0.05) is 23.3 Å². The number of ether oxygens (including phenoxy) is 2. The first-order valence-corrected chi connectivity index (χ1v) is 12.4. The minimum absolute atomic E-state index is 0.0736. The summed E-state index contributed by atoms with van der Waals surface area (Å²) in [5, 5.41) is 29.2. The van der Waals surface area contributed by atoms with Crippen LogP contribution in [0.5, 0.6) is 11.5 Å². The van der Waals surface area contributed by atoms with Crippen LogP contribution >= 0.6 is 0 Å². The van der Waals surface area contributed by atoms with E-state index in [1.807, 2.05) is 13.0 Å². The lowest BCUT2D eigenvalue weighted by atomic mass is 9.94. The number of fused-ring (bicyclic) bond motifs is 2. The number of hydrazone groups is 1. The molecule has 0 aromatic heterocycles. The normalized spacial score (nSPS) is 16.3. The van der Waals surface area contributed by atoms with Gasteiger partial charge < -0.3 is 19.9 Å². The minimum Gasteiger partial charge on any atom is -0.478 e. The Balaban J connectivity index is 1.51. The molecule has 0 spiro atoms. The number of nitro benzene ring substituents is 1. The van der Waals surface area contributed by atoms with Crippen LogP contribution in [-0.2, 0) is 11.2 Å². The average Bonchev–Trinajstić information content (AvgIpc) is 3.34. The molecule has 2 aliphatic rings.